The summed E-state index contributed by atoms with van der Waals surface area (Å²) in [5.41, 5.74) is 0.246. The topological polar surface area (TPSA) is 66.9 Å². The Balaban J connectivity index is 1.76. The second kappa shape index (κ2) is 9.01. The number of nitrogens with zero attached hydrogens (tertiary/aromatic N) is 2. The summed E-state index contributed by atoms with van der Waals surface area (Å²) in [6.07, 6.45) is -1.61. The van der Waals surface area contributed by atoms with E-state index in [9.17, 15) is 18.0 Å². The van der Waals surface area contributed by atoms with Gasteiger partial charge in [0.1, 0.15) is 11.0 Å². The molecule has 156 valence electrons. The number of alkyl halides is 3. The molecule has 0 bridgehead atoms. The van der Waals surface area contributed by atoms with Gasteiger partial charge in [0.2, 0.25) is 0 Å². The van der Waals surface area contributed by atoms with E-state index in [1.807, 2.05) is 13.0 Å². The fourth-order valence-corrected chi connectivity index (χ4v) is 3.33. The molecule has 1 atom stereocenters. The molecule has 10 heteroatoms. The third-order valence-corrected chi connectivity index (χ3v) is 4.74. The van der Waals surface area contributed by atoms with Gasteiger partial charge in [-0.25, -0.2) is 4.98 Å². The van der Waals surface area contributed by atoms with Crippen LogP contribution in [0.4, 0.5) is 24.7 Å². The number of carbonyl (C=O) groups excluding carboxylic acids is 1. The Morgan fingerprint density at radius 1 is 1.17 bits per heavy atom. The van der Waals surface area contributed by atoms with Crippen LogP contribution in [-0.2, 0) is 6.18 Å². The highest BCUT2D eigenvalue weighted by Gasteiger charge is 2.31. The molecule has 0 unspecified atom stereocenters. The van der Waals surface area contributed by atoms with Crippen LogP contribution in [0, 0.1) is 0 Å². The van der Waals surface area contributed by atoms with Crippen LogP contribution >= 0.6 is 27.5 Å². The van der Waals surface area contributed by atoms with Crippen molar-refractivity contribution in [2.45, 2.75) is 19.1 Å². The molecule has 0 saturated heterocycles. The molecule has 5 nitrogen and oxygen atoms in total. The third-order valence-electron chi connectivity index (χ3n) is 4.10. The second-order valence-electron chi connectivity index (χ2n) is 6.40. The highest BCUT2D eigenvalue weighted by molar-refractivity contribution is 9.10. The smallest absolute Gasteiger partial charge is 0.362 e. The van der Waals surface area contributed by atoms with Crippen molar-refractivity contribution in [3.63, 3.8) is 0 Å². The molecule has 0 fully saturated rings. The molecular weight excluding hydrogens is 485 g/mol. The molecule has 0 radical (unpaired) electrons. The maximum Gasteiger partial charge on any atom is 0.416 e. The Hall–Kier alpha value is -2.65. The second-order valence-corrected chi connectivity index (χ2v) is 7.70. The lowest BCUT2D eigenvalue weighted by atomic mass is 10.1. The highest BCUT2D eigenvalue weighted by Crippen LogP contribution is 2.32. The van der Waals surface area contributed by atoms with Crippen LogP contribution < -0.4 is 10.6 Å². The van der Waals surface area contributed by atoms with Crippen molar-refractivity contribution >= 4 is 44.9 Å². The lowest BCUT2D eigenvalue weighted by molar-refractivity contribution is -0.137. The van der Waals surface area contributed by atoms with E-state index in [0.717, 1.165) is 17.7 Å². The van der Waals surface area contributed by atoms with Crippen molar-refractivity contribution in [2.24, 2.45) is 0 Å². The maximum absolute atomic E-state index is 13.0. The summed E-state index contributed by atoms with van der Waals surface area (Å²) in [5.74, 6) is -0.168. The first-order chi connectivity index (χ1) is 14.1. The monoisotopic (exact) mass is 498 g/mol. The van der Waals surface area contributed by atoms with E-state index in [0.29, 0.717) is 11.5 Å². The average Bonchev–Trinajstić information content (AvgIpc) is 2.67. The number of anilines is 2. The van der Waals surface area contributed by atoms with E-state index < -0.39 is 17.6 Å². The quantitative estimate of drug-likeness (QED) is 0.430. The van der Waals surface area contributed by atoms with Gasteiger partial charge in [-0.15, -0.1) is 0 Å². The summed E-state index contributed by atoms with van der Waals surface area (Å²) in [5, 5.41) is 6.02. The first-order valence-corrected chi connectivity index (χ1v) is 9.82. The number of hydrogen-bond donors (Lipinski definition) is 2. The molecule has 1 aromatic heterocycles. The lowest BCUT2D eigenvalue weighted by Crippen LogP contribution is -2.15. The molecule has 0 aliphatic heterocycles. The van der Waals surface area contributed by atoms with Crippen LogP contribution in [0.2, 0.25) is 5.15 Å². The Bertz CT molecular complexity index is 1080. The fraction of sp³-hybridized carbons (Fsp3) is 0.150. The molecule has 0 spiro atoms. The molecule has 3 rings (SSSR count). The highest BCUT2D eigenvalue weighted by atomic mass is 79.9. The predicted octanol–water partition coefficient (Wildman–Crippen LogP) is 6.34. The number of amides is 1. The molecule has 1 amide bonds. The zero-order valence-electron chi connectivity index (χ0n) is 15.5. The molecule has 2 aromatic carbocycles. The molecule has 30 heavy (non-hydrogen) atoms. The first-order valence-electron chi connectivity index (χ1n) is 8.65. The van der Waals surface area contributed by atoms with Crippen LogP contribution in [0.15, 0.2) is 59.3 Å². The number of benzene rings is 2. The van der Waals surface area contributed by atoms with E-state index in [1.54, 1.807) is 18.2 Å². The van der Waals surface area contributed by atoms with Gasteiger partial charge in [-0.2, -0.15) is 13.2 Å². The first kappa shape index (κ1) is 22.0. The Labute approximate surface area is 183 Å². The zero-order chi connectivity index (χ0) is 21.9. The minimum atomic E-state index is -4.55. The molecule has 1 heterocycles. The Kier molecular flexibility index (Phi) is 6.62. The van der Waals surface area contributed by atoms with Crippen molar-refractivity contribution in [1.82, 2.24) is 9.97 Å². The largest absolute Gasteiger partial charge is 0.416 e. The molecule has 0 saturated carbocycles. The van der Waals surface area contributed by atoms with Crippen LogP contribution in [0.3, 0.4) is 0 Å². The van der Waals surface area contributed by atoms with Gasteiger partial charge in [0.25, 0.3) is 5.91 Å². The number of hydrogen-bond acceptors (Lipinski definition) is 4. The minimum Gasteiger partial charge on any atom is -0.362 e. The standard InChI is InChI=1S/C20H15BrClF3N4O/c1-11(27-18-10-26-9-17(22)29-18)12-3-2-4-16(7-12)28-19(30)13-5-14(20(23,24)25)8-15(21)6-13/h2-11H,1H3,(H,27,29)(H,28,30)/t11-/m0/s1. The maximum atomic E-state index is 13.0. The minimum absolute atomic E-state index is 0.109. The number of carbonyl (C=O) groups is 1. The number of halogens is 5. The summed E-state index contributed by atoms with van der Waals surface area (Å²) < 4.78 is 39.2. The van der Waals surface area contributed by atoms with Crippen LogP contribution in [0.5, 0.6) is 0 Å². The predicted molar refractivity (Wildman–Crippen MR) is 113 cm³/mol. The molecule has 0 aliphatic rings. The SMILES string of the molecule is C[C@H](Nc1cncc(Cl)n1)c1cccc(NC(=O)c2cc(Br)cc(C(F)(F)F)c2)c1. The van der Waals surface area contributed by atoms with Crippen molar-refractivity contribution in [3.05, 3.63) is 81.2 Å². The lowest BCUT2D eigenvalue weighted by Gasteiger charge is -2.16. The van der Waals surface area contributed by atoms with E-state index >= 15 is 0 Å². The van der Waals surface area contributed by atoms with Gasteiger partial charge in [-0.1, -0.05) is 39.7 Å². The van der Waals surface area contributed by atoms with E-state index in [1.165, 1.54) is 18.5 Å². The van der Waals surface area contributed by atoms with Gasteiger partial charge in [0.05, 0.1) is 24.0 Å². The summed E-state index contributed by atoms with van der Waals surface area (Å²) in [4.78, 5) is 20.6. The van der Waals surface area contributed by atoms with Gasteiger partial charge in [-0.05, 0) is 42.8 Å². The fourth-order valence-electron chi connectivity index (χ4n) is 2.69. The summed E-state index contributed by atoms with van der Waals surface area (Å²) in [6.45, 7) is 1.88. The summed E-state index contributed by atoms with van der Waals surface area (Å²) in [6, 6.07) is 9.80. The summed E-state index contributed by atoms with van der Waals surface area (Å²) >= 11 is 8.85. The van der Waals surface area contributed by atoms with E-state index in [2.05, 4.69) is 36.5 Å². The van der Waals surface area contributed by atoms with Crippen LogP contribution in [0.1, 0.15) is 34.5 Å². The van der Waals surface area contributed by atoms with Crippen LogP contribution in [-0.4, -0.2) is 15.9 Å². The average molecular weight is 500 g/mol. The Morgan fingerprint density at radius 2 is 1.93 bits per heavy atom. The third kappa shape index (κ3) is 5.70. The number of aromatic nitrogens is 2. The van der Waals surface area contributed by atoms with E-state index in [4.69, 9.17) is 11.6 Å². The van der Waals surface area contributed by atoms with Crippen molar-refractivity contribution < 1.29 is 18.0 Å². The molecule has 3 aromatic rings. The van der Waals surface area contributed by atoms with Crippen molar-refractivity contribution in [2.75, 3.05) is 10.6 Å². The van der Waals surface area contributed by atoms with Crippen molar-refractivity contribution in [3.8, 4) is 0 Å². The van der Waals surface area contributed by atoms with Crippen LogP contribution in [0.25, 0.3) is 0 Å². The Morgan fingerprint density at radius 3 is 2.63 bits per heavy atom. The van der Waals surface area contributed by atoms with Gasteiger partial charge in [-0.3, -0.25) is 9.78 Å². The van der Waals surface area contributed by atoms with Gasteiger partial charge >= 0.3 is 6.18 Å². The normalized spacial score (nSPS) is 12.3. The van der Waals surface area contributed by atoms with Gasteiger partial charge in [0.15, 0.2) is 0 Å². The molecular formula is C20H15BrClF3N4O. The molecule has 0 aliphatic carbocycles. The zero-order valence-corrected chi connectivity index (χ0v) is 17.8. The van der Waals surface area contributed by atoms with Gasteiger partial charge in [0, 0.05) is 15.7 Å². The molecule has 2 N–H and O–H groups in total. The van der Waals surface area contributed by atoms with Crippen molar-refractivity contribution in [1.29, 1.82) is 0 Å². The number of rotatable bonds is 5. The summed E-state index contributed by atoms with van der Waals surface area (Å²) in [7, 11) is 0. The van der Waals surface area contributed by atoms with E-state index in [-0.39, 0.29) is 21.2 Å². The van der Waals surface area contributed by atoms with Gasteiger partial charge < -0.3 is 10.6 Å². The number of nitrogens with one attached hydrogen (secondary N) is 2.